The molecule has 2 aromatic heterocycles. The molecule has 4 rings (SSSR count). The standard InChI is InChI=1S/C25H24F2N6O5/c1-37-22-14-19-17(13-18(22)23(34)31-32-24(35)29-9-6-26)21(4-8-28-19)38-16-2-3-20-15(12-16)5-11-33(20)25(36)30-10-7-27/h2-5,8,11-14H,6-7,9-10H2,1H3,(H,30,36)(H,31,34)(H2,29,32,35). The van der Waals surface area contributed by atoms with Gasteiger partial charge in [-0.1, -0.05) is 0 Å². The van der Waals surface area contributed by atoms with Crippen molar-refractivity contribution in [3.8, 4) is 17.2 Å². The Bertz CT molecular complexity index is 1490. The van der Waals surface area contributed by atoms with Crippen molar-refractivity contribution in [3.63, 3.8) is 0 Å². The first kappa shape index (κ1) is 26.1. The minimum Gasteiger partial charge on any atom is -0.496 e. The zero-order chi connectivity index (χ0) is 27.1. The minimum absolute atomic E-state index is 0.0813. The number of urea groups is 1. The quantitative estimate of drug-likeness (QED) is 0.260. The number of nitrogens with one attached hydrogen (secondary N) is 4. The van der Waals surface area contributed by atoms with Gasteiger partial charge in [0.05, 0.1) is 23.7 Å². The van der Waals surface area contributed by atoms with E-state index in [9.17, 15) is 23.2 Å². The largest absolute Gasteiger partial charge is 0.496 e. The molecular formula is C25H24F2N6O5. The van der Waals surface area contributed by atoms with Crippen LogP contribution in [0.1, 0.15) is 10.4 Å². The number of halogens is 2. The molecule has 0 fully saturated rings. The second-order valence-electron chi connectivity index (χ2n) is 7.83. The summed E-state index contributed by atoms with van der Waals surface area (Å²) in [6, 6.07) is 10.3. The van der Waals surface area contributed by atoms with Gasteiger partial charge in [-0.3, -0.25) is 19.8 Å². The zero-order valence-corrected chi connectivity index (χ0v) is 20.2. The molecule has 4 N–H and O–H groups in total. The molecule has 0 atom stereocenters. The van der Waals surface area contributed by atoms with Crippen molar-refractivity contribution >= 4 is 39.8 Å². The third-order valence-electron chi connectivity index (χ3n) is 5.42. The number of nitrogens with zero attached hydrogens (tertiary/aromatic N) is 2. The molecule has 2 heterocycles. The molecule has 38 heavy (non-hydrogen) atoms. The topological polar surface area (TPSA) is 136 Å². The van der Waals surface area contributed by atoms with Gasteiger partial charge < -0.3 is 20.1 Å². The Labute approximate surface area is 215 Å². The van der Waals surface area contributed by atoms with Crippen LogP contribution >= 0.6 is 0 Å². The Morgan fingerprint density at radius 3 is 2.50 bits per heavy atom. The van der Waals surface area contributed by atoms with Crippen LogP contribution < -0.4 is 31.0 Å². The van der Waals surface area contributed by atoms with Gasteiger partial charge in [0.25, 0.3) is 5.91 Å². The fourth-order valence-corrected chi connectivity index (χ4v) is 3.70. The van der Waals surface area contributed by atoms with E-state index < -0.39 is 31.3 Å². The lowest BCUT2D eigenvalue weighted by atomic mass is 10.1. The monoisotopic (exact) mass is 526 g/mol. The number of carbonyl (C=O) groups is 3. The second kappa shape index (κ2) is 11.9. The van der Waals surface area contributed by atoms with Crippen molar-refractivity contribution in [1.82, 2.24) is 31.0 Å². The first-order chi connectivity index (χ1) is 18.4. The normalized spacial score (nSPS) is 10.7. The molecule has 0 saturated carbocycles. The van der Waals surface area contributed by atoms with Crippen LogP contribution in [0.3, 0.4) is 0 Å². The third kappa shape index (κ3) is 5.72. The lowest BCUT2D eigenvalue weighted by Gasteiger charge is -2.14. The van der Waals surface area contributed by atoms with Crippen LogP contribution in [-0.2, 0) is 0 Å². The summed E-state index contributed by atoms with van der Waals surface area (Å²) in [5.74, 6) is 0.377. The molecule has 0 aliphatic carbocycles. The Kier molecular flexibility index (Phi) is 8.16. The van der Waals surface area contributed by atoms with Gasteiger partial charge in [-0.15, -0.1) is 0 Å². The van der Waals surface area contributed by atoms with Gasteiger partial charge in [-0.2, -0.15) is 0 Å². The molecule has 11 nitrogen and oxygen atoms in total. The number of benzene rings is 2. The van der Waals surface area contributed by atoms with E-state index in [2.05, 4.69) is 26.5 Å². The van der Waals surface area contributed by atoms with Gasteiger partial charge in [0, 0.05) is 42.3 Å². The highest BCUT2D eigenvalue weighted by Gasteiger charge is 2.18. The van der Waals surface area contributed by atoms with Gasteiger partial charge in [0.15, 0.2) is 0 Å². The highest BCUT2D eigenvalue weighted by Crippen LogP contribution is 2.34. The van der Waals surface area contributed by atoms with E-state index in [0.29, 0.717) is 27.9 Å². The lowest BCUT2D eigenvalue weighted by Crippen LogP contribution is -2.47. The SMILES string of the molecule is COc1cc2nccc(Oc3ccc4c(ccn4C(=O)NCCF)c3)c2cc1C(=O)NNC(=O)NCCF. The first-order valence-corrected chi connectivity index (χ1v) is 11.4. The van der Waals surface area contributed by atoms with Crippen LogP contribution in [0.25, 0.3) is 21.8 Å². The molecule has 0 aliphatic rings. The molecule has 4 aromatic rings. The van der Waals surface area contributed by atoms with E-state index in [4.69, 9.17) is 9.47 Å². The number of fused-ring (bicyclic) bond motifs is 2. The lowest BCUT2D eigenvalue weighted by molar-refractivity contribution is 0.0933. The van der Waals surface area contributed by atoms with Crippen molar-refractivity contribution < 1.29 is 32.6 Å². The first-order valence-electron chi connectivity index (χ1n) is 11.4. The van der Waals surface area contributed by atoms with Crippen LogP contribution in [0.2, 0.25) is 0 Å². The minimum atomic E-state index is -0.773. The smallest absolute Gasteiger partial charge is 0.333 e. The zero-order valence-electron chi connectivity index (χ0n) is 20.2. The Morgan fingerprint density at radius 2 is 1.74 bits per heavy atom. The molecule has 0 unspecified atom stereocenters. The summed E-state index contributed by atoms with van der Waals surface area (Å²) in [6.07, 6.45) is 3.12. The van der Waals surface area contributed by atoms with Gasteiger partial charge in [-0.05, 0) is 36.4 Å². The van der Waals surface area contributed by atoms with E-state index in [1.54, 1.807) is 42.6 Å². The van der Waals surface area contributed by atoms with Crippen molar-refractivity contribution in [3.05, 3.63) is 60.4 Å². The molecule has 2 aromatic carbocycles. The summed E-state index contributed by atoms with van der Waals surface area (Å²) in [5.41, 5.74) is 5.57. The van der Waals surface area contributed by atoms with Crippen LogP contribution in [0.5, 0.6) is 17.2 Å². The molecule has 198 valence electrons. The fourth-order valence-electron chi connectivity index (χ4n) is 3.70. The second-order valence-corrected chi connectivity index (χ2v) is 7.83. The number of carbonyl (C=O) groups excluding carboxylic acids is 3. The molecule has 13 heteroatoms. The summed E-state index contributed by atoms with van der Waals surface area (Å²) >= 11 is 0. The van der Waals surface area contributed by atoms with Crippen molar-refractivity contribution in [2.75, 3.05) is 33.5 Å². The van der Waals surface area contributed by atoms with Crippen molar-refractivity contribution in [2.45, 2.75) is 0 Å². The third-order valence-corrected chi connectivity index (χ3v) is 5.42. The Morgan fingerprint density at radius 1 is 0.947 bits per heavy atom. The van der Waals surface area contributed by atoms with E-state index in [0.717, 1.165) is 5.39 Å². The van der Waals surface area contributed by atoms with Gasteiger partial charge >= 0.3 is 12.1 Å². The number of amides is 4. The van der Waals surface area contributed by atoms with Crippen LogP contribution in [0.4, 0.5) is 18.4 Å². The van der Waals surface area contributed by atoms with Crippen molar-refractivity contribution in [2.24, 2.45) is 0 Å². The highest BCUT2D eigenvalue weighted by atomic mass is 19.1. The molecule has 0 saturated heterocycles. The van der Waals surface area contributed by atoms with Crippen LogP contribution in [0.15, 0.2) is 54.9 Å². The average molecular weight is 527 g/mol. The molecule has 0 aliphatic heterocycles. The van der Waals surface area contributed by atoms with Gasteiger partial charge in [0.2, 0.25) is 0 Å². The van der Waals surface area contributed by atoms with E-state index in [-0.39, 0.29) is 24.4 Å². The Hall–Kier alpha value is -4.94. The Balaban J connectivity index is 1.60. The number of aromatic nitrogens is 2. The average Bonchev–Trinajstić information content (AvgIpc) is 3.36. The summed E-state index contributed by atoms with van der Waals surface area (Å²) in [7, 11) is 1.39. The predicted molar refractivity (Wildman–Crippen MR) is 135 cm³/mol. The molecule has 0 bridgehead atoms. The number of ether oxygens (including phenoxy) is 2. The van der Waals surface area contributed by atoms with Gasteiger partial charge in [0.1, 0.15) is 30.6 Å². The van der Waals surface area contributed by atoms with E-state index >= 15 is 0 Å². The summed E-state index contributed by atoms with van der Waals surface area (Å²) in [6.45, 7) is -1.69. The molecule has 4 amide bonds. The van der Waals surface area contributed by atoms with E-state index in [1.807, 2.05) is 0 Å². The number of hydrazine groups is 1. The number of pyridine rings is 1. The van der Waals surface area contributed by atoms with Crippen LogP contribution in [0, 0.1) is 0 Å². The maximum Gasteiger partial charge on any atom is 0.333 e. The summed E-state index contributed by atoms with van der Waals surface area (Å²) in [5, 5.41) is 5.91. The summed E-state index contributed by atoms with van der Waals surface area (Å²) < 4.78 is 37.4. The number of rotatable bonds is 8. The number of alkyl halides is 2. The maximum absolute atomic E-state index is 12.8. The van der Waals surface area contributed by atoms with Gasteiger partial charge in [-0.25, -0.2) is 23.8 Å². The maximum atomic E-state index is 12.8. The number of hydrogen-bond donors (Lipinski definition) is 4. The number of methoxy groups -OCH3 is 1. The molecule has 0 spiro atoms. The van der Waals surface area contributed by atoms with Crippen molar-refractivity contribution in [1.29, 1.82) is 0 Å². The number of hydrogen-bond acceptors (Lipinski definition) is 6. The molecular weight excluding hydrogens is 502 g/mol. The van der Waals surface area contributed by atoms with E-state index in [1.165, 1.54) is 23.9 Å². The van der Waals surface area contributed by atoms with Crippen LogP contribution in [-0.4, -0.2) is 61.1 Å². The fraction of sp³-hybridized carbons (Fsp3) is 0.200. The molecule has 0 radical (unpaired) electrons. The highest BCUT2D eigenvalue weighted by molar-refractivity contribution is 6.02. The predicted octanol–water partition coefficient (Wildman–Crippen LogP) is 3.43. The summed E-state index contributed by atoms with van der Waals surface area (Å²) in [4.78, 5) is 40.9.